The van der Waals surface area contributed by atoms with Gasteiger partial charge in [0.1, 0.15) is 6.10 Å². The molecule has 0 spiro atoms. The van der Waals surface area contributed by atoms with E-state index in [1.54, 1.807) is 12.1 Å². The zero-order valence-corrected chi connectivity index (χ0v) is 25.6. The molecular weight excluding hydrogens is 582 g/mol. The number of nitrogens with one attached hydrogen (secondary N) is 1. The Labute approximate surface area is 278 Å². The van der Waals surface area contributed by atoms with Crippen LogP contribution >= 0.6 is 0 Å². The van der Waals surface area contributed by atoms with Gasteiger partial charge < -0.3 is 48.3 Å². The van der Waals surface area contributed by atoms with Gasteiger partial charge in [-0.2, -0.15) is 0 Å². The van der Waals surface area contributed by atoms with Gasteiger partial charge in [0.15, 0.2) is 23.0 Å². The minimum absolute atomic E-state index is 0.131. The first-order chi connectivity index (χ1) is 25.3. The van der Waals surface area contributed by atoms with Crippen LogP contribution in [-0.4, -0.2) is 116 Å². The van der Waals surface area contributed by atoms with Crippen molar-refractivity contribution >= 4 is 11.9 Å². The quantitative estimate of drug-likeness (QED) is 0.448. The van der Waals surface area contributed by atoms with Crippen LogP contribution in [0.5, 0.6) is 34.5 Å². The summed E-state index contributed by atoms with van der Waals surface area (Å²) in [6.45, 7) is 5.30. The zero-order valence-electron chi connectivity index (χ0n) is 34.6. The molecule has 0 saturated carbocycles. The predicted octanol–water partition coefficient (Wildman–Crippen LogP) is 3.65. The van der Waals surface area contributed by atoms with Crippen LogP contribution in [-0.2, 0) is 4.74 Å². The Kier molecular flexibility index (Phi) is 8.84. The summed E-state index contributed by atoms with van der Waals surface area (Å²) in [6.07, 6.45) is 2.06. The fraction of sp³-hybridized carbons (Fsp3) is 0.576. The highest BCUT2D eigenvalue weighted by molar-refractivity contribution is 5.95. The van der Waals surface area contributed by atoms with Crippen LogP contribution in [0, 0.1) is 0 Å². The fourth-order valence-corrected chi connectivity index (χ4v) is 5.49. The second-order valence-electron chi connectivity index (χ2n) is 10.8. The summed E-state index contributed by atoms with van der Waals surface area (Å²) < 4.78 is 106. The summed E-state index contributed by atoms with van der Waals surface area (Å²) >= 11 is 0. The van der Waals surface area contributed by atoms with Gasteiger partial charge in [0, 0.05) is 31.7 Å². The van der Waals surface area contributed by atoms with Gasteiger partial charge in [0.25, 0.3) is 5.91 Å². The van der Waals surface area contributed by atoms with Crippen LogP contribution in [0.2, 0.25) is 0 Å². The molecule has 2 aliphatic heterocycles. The molecule has 2 heterocycles. The number of hydrogen-bond acceptors (Lipinski definition) is 11. The summed E-state index contributed by atoms with van der Waals surface area (Å²) in [7, 11) is -6.56. The monoisotopic (exact) mass is 638 g/mol. The number of ether oxygens (including phenoxy) is 7. The summed E-state index contributed by atoms with van der Waals surface area (Å²) in [4.78, 5) is 31.4. The first-order valence-electron chi connectivity index (χ1n) is 19.4. The van der Waals surface area contributed by atoms with Crippen LogP contribution in [0.4, 0.5) is 0 Å². The Bertz CT molecular complexity index is 1550. The van der Waals surface area contributed by atoms with Crippen molar-refractivity contribution in [3.05, 3.63) is 35.4 Å². The average molecular weight is 639 g/mol. The standard InChI is InChI=1S/C33H47N3O9/c1-39-26-19-23-20-29(31(26)43-5)44-18-6-9-25(45-33(38)24-21-27(40-2)30(42-4)28(22-24)41-3)10-15-36-14-8-13-35(16-17-36)12-7-11-34-32(23)37/h19-22,25H,6-18H2,1-5H3,(H,34,37)/t25-/m1/s1/i2D3,3D3,4D3. The molecular formula is C33H47N3O9. The summed E-state index contributed by atoms with van der Waals surface area (Å²) in [6, 6.07) is 4.96. The molecule has 0 aliphatic carbocycles. The molecule has 2 unspecified atom stereocenters. The molecule has 2 aromatic carbocycles. The summed E-state index contributed by atoms with van der Waals surface area (Å²) in [5.41, 5.74) is -0.0349. The van der Waals surface area contributed by atoms with Gasteiger partial charge >= 0.3 is 5.97 Å². The van der Waals surface area contributed by atoms with Crippen LogP contribution < -0.4 is 33.7 Å². The van der Waals surface area contributed by atoms with E-state index >= 15 is 0 Å². The van der Waals surface area contributed by atoms with Crippen molar-refractivity contribution in [2.75, 3.05) is 87.8 Å². The first-order valence-corrected chi connectivity index (χ1v) is 14.9. The van der Waals surface area contributed by atoms with Crippen molar-refractivity contribution < 1.29 is 55.1 Å². The van der Waals surface area contributed by atoms with E-state index in [9.17, 15) is 9.59 Å². The minimum atomic E-state index is -3.17. The van der Waals surface area contributed by atoms with Crippen molar-refractivity contribution in [3.63, 3.8) is 0 Å². The smallest absolute Gasteiger partial charge is 0.338 e. The number of carbonyl (C=O) groups excluding carboxylic acids is 2. The predicted molar refractivity (Wildman–Crippen MR) is 169 cm³/mol. The van der Waals surface area contributed by atoms with Gasteiger partial charge in [-0.05, 0) is 76.0 Å². The number of hydrogen-bond donors (Lipinski definition) is 1. The molecule has 12 nitrogen and oxygen atoms in total. The highest BCUT2D eigenvalue weighted by atomic mass is 16.6. The van der Waals surface area contributed by atoms with Gasteiger partial charge in [-0.15, -0.1) is 0 Å². The summed E-state index contributed by atoms with van der Waals surface area (Å²) in [5, 5.41) is 2.97. The van der Waals surface area contributed by atoms with E-state index in [4.69, 9.17) is 45.5 Å². The lowest BCUT2D eigenvalue weighted by atomic mass is 10.1. The molecule has 1 amide bonds. The number of rotatable bonds is 7. The second-order valence-corrected chi connectivity index (χ2v) is 10.8. The number of fused-ring (bicyclic) bond motifs is 5. The maximum Gasteiger partial charge on any atom is 0.338 e. The van der Waals surface area contributed by atoms with Gasteiger partial charge in [-0.25, -0.2) is 4.79 Å². The molecule has 0 aromatic heterocycles. The molecule has 4 bridgehead atoms. The van der Waals surface area contributed by atoms with Crippen LogP contribution in [0.25, 0.3) is 0 Å². The molecule has 1 fully saturated rings. The van der Waals surface area contributed by atoms with E-state index in [0.29, 0.717) is 49.4 Å². The Balaban J connectivity index is 1.64. The minimum Gasteiger partial charge on any atom is -0.493 e. The lowest BCUT2D eigenvalue weighted by Crippen LogP contribution is -2.34. The highest BCUT2D eigenvalue weighted by Crippen LogP contribution is 2.39. The maximum atomic E-state index is 13.7. The number of carbonyl (C=O) groups is 2. The van der Waals surface area contributed by atoms with E-state index in [1.807, 2.05) is 0 Å². The molecule has 248 valence electrons. The zero-order chi connectivity index (χ0) is 39.7. The van der Waals surface area contributed by atoms with Crippen LogP contribution in [0.1, 0.15) is 65.2 Å². The van der Waals surface area contributed by atoms with E-state index < -0.39 is 50.4 Å². The van der Waals surface area contributed by atoms with Gasteiger partial charge in [-0.1, -0.05) is 0 Å². The highest BCUT2D eigenvalue weighted by Gasteiger charge is 2.24. The molecule has 0 radical (unpaired) electrons. The molecule has 1 N–H and O–H groups in total. The maximum absolute atomic E-state index is 13.7. The number of benzene rings is 2. The average Bonchev–Trinajstić information content (AvgIpc) is 3.30. The van der Waals surface area contributed by atoms with E-state index in [2.05, 4.69) is 15.1 Å². The normalized spacial score (nSPS) is 25.2. The molecule has 12 heteroatoms. The third kappa shape index (κ3) is 9.07. The van der Waals surface area contributed by atoms with Crippen LogP contribution in [0.15, 0.2) is 24.3 Å². The Morgan fingerprint density at radius 3 is 2.18 bits per heavy atom. The van der Waals surface area contributed by atoms with E-state index in [1.165, 1.54) is 14.2 Å². The molecule has 2 aliphatic rings. The number of amides is 1. The molecule has 1 saturated heterocycles. The SMILES string of the molecule is [2H]C([2H])([2H])Oc1cc(C(=O)O[C@@H]2CCCOc3cc(cc(OC)c3OC)C(=O)NCCCN3CCCN(CC2)CC3)cc(OC([2H])([2H])[2H])c1OC([2H])([2H])[2H]. The Morgan fingerprint density at radius 1 is 0.800 bits per heavy atom. The van der Waals surface area contributed by atoms with Crippen molar-refractivity contribution in [2.45, 2.75) is 38.2 Å². The van der Waals surface area contributed by atoms with Gasteiger partial charge in [-0.3, -0.25) is 4.79 Å². The molecule has 45 heavy (non-hydrogen) atoms. The summed E-state index contributed by atoms with van der Waals surface area (Å²) in [5.74, 6) is -2.73. The lowest BCUT2D eigenvalue weighted by Gasteiger charge is -2.25. The van der Waals surface area contributed by atoms with E-state index in [-0.39, 0.29) is 23.8 Å². The van der Waals surface area contributed by atoms with Crippen molar-refractivity contribution in [1.82, 2.24) is 15.1 Å². The molecule has 3 atom stereocenters. The van der Waals surface area contributed by atoms with Crippen LogP contribution in [0.3, 0.4) is 0 Å². The van der Waals surface area contributed by atoms with Crippen molar-refractivity contribution in [1.29, 1.82) is 0 Å². The van der Waals surface area contributed by atoms with Crippen molar-refractivity contribution in [2.24, 2.45) is 0 Å². The number of methoxy groups -OCH3 is 5. The van der Waals surface area contributed by atoms with Gasteiger partial charge in [0.05, 0.1) is 59.8 Å². The first kappa shape index (κ1) is 23.4. The van der Waals surface area contributed by atoms with Crippen molar-refractivity contribution in [3.8, 4) is 34.5 Å². The third-order valence-electron chi connectivity index (χ3n) is 7.87. The number of nitrogens with zero attached hydrogens (tertiary/aromatic N) is 2. The second kappa shape index (κ2) is 17.0. The van der Waals surface area contributed by atoms with Gasteiger partial charge in [0.2, 0.25) is 11.5 Å². The molecule has 4 rings (SSSR count). The van der Waals surface area contributed by atoms with E-state index in [0.717, 1.165) is 57.7 Å². The largest absolute Gasteiger partial charge is 0.493 e. The topological polar surface area (TPSA) is 117 Å². The fourth-order valence-electron chi connectivity index (χ4n) is 5.49. The Hall–Kier alpha value is -3.90. The third-order valence-corrected chi connectivity index (χ3v) is 7.87. The Morgan fingerprint density at radius 2 is 1.49 bits per heavy atom. The number of esters is 1. The lowest BCUT2D eigenvalue weighted by molar-refractivity contribution is 0.0221. The molecule has 2 aromatic rings.